The van der Waals surface area contributed by atoms with E-state index in [9.17, 15) is 13.2 Å². The fourth-order valence-corrected chi connectivity index (χ4v) is 3.97. The Morgan fingerprint density at radius 3 is 2.50 bits per heavy atom. The minimum atomic E-state index is -4.29. The third kappa shape index (κ3) is 9.03. The average Bonchev–Trinajstić information content (AvgIpc) is 3.18. The first-order valence-electron chi connectivity index (χ1n) is 11.2. The third-order valence-electron chi connectivity index (χ3n) is 5.65. The van der Waals surface area contributed by atoms with Gasteiger partial charge < -0.3 is 15.4 Å². The maximum absolute atomic E-state index is 12.7. The minimum absolute atomic E-state index is 0. The van der Waals surface area contributed by atoms with E-state index >= 15 is 0 Å². The van der Waals surface area contributed by atoms with Gasteiger partial charge in [0.2, 0.25) is 0 Å². The maximum atomic E-state index is 12.7. The first-order chi connectivity index (χ1) is 14.9. The summed E-state index contributed by atoms with van der Waals surface area (Å²) < 4.78 is 43.5. The summed E-state index contributed by atoms with van der Waals surface area (Å²) >= 11 is 0. The van der Waals surface area contributed by atoms with Gasteiger partial charge in [0.15, 0.2) is 5.96 Å². The molecule has 3 rings (SSSR count). The molecule has 2 heterocycles. The normalized spacial score (nSPS) is 20.8. The van der Waals surface area contributed by atoms with Crippen LogP contribution in [-0.4, -0.2) is 80.8 Å². The number of benzene rings is 1. The number of nitrogens with zero attached hydrogens (tertiary/aromatic N) is 3. The molecule has 2 N–H and O–H groups in total. The summed E-state index contributed by atoms with van der Waals surface area (Å²) in [6, 6.07) is 5.75. The van der Waals surface area contributed by atoms with E-state index in [0.717, 1.165) is 95.5 Å². The van der Waals surface area contributed by atoms with Crippen molar-refractivity contribution in [2.24, 2.45) is 4.99 Å². The maximum Gasteiger partial charge on any atom is 0.416 e. The van der Waals surface area contributed by atoms with Gasteiger partial charge in [-0.25, -0.2) is 0 Å². The van der Waals surface area contributed by atoms with Gasteiger partial charge in [-0.3, -0.25) is 14.8 Å². The predicted molar refractivity (Wildman–Crippen MR) is 132 cm³/mol. The highest BCUT2D eigenvalue weighted by molar-refractivity contribution is 14.0. The van der Waals surface area contributed by atoms with Crippen molar-refractivity contribution in [3.05, 3.63) is 35.4 Å². The van der Waals surface area contributed by atoms with Crippen molar-refractivity contribution >= 4 is 29.9 Å². The number of ether oxygens (including phenoxy) is 1. The van der Waals surface area contributed by atoms with Gasteiger partial charge in [-0.2, -0.15) is 13.2 Å². The summed E-state index contributed by atoms with van der Waals surface area (Å²) in [5.74, 6) is 0.839. The van der Waals surface area contributed by atoms with Gasteiger partial charge in [0.25, 0.3) is 0 Å². The first kappa shape index (κ1) is 27.1. The van der Waals surface area contributed by atoms with E-state index in [2.05, 4.69) is 27.4 Å². The van der Waals surface area contributed by atoms with Gasteiger partial charge in [0, 0.05) is 58.4 Å². The largest absolute Gasteiger partial charge is 0.416 e. The predicted octanol–water partition coefficient (Wildman–Crippen LogP) is 3.18. The van der Waals surface area contributed by atoms with E-state index in [-0.39, 0.29) is 30.0 Å². The van der Waals surface area contributed by atoms with Crippen molar-refractivity contribution in [2.45, 2.75) is 38.5 Å². The molecular weight excluding hydrogens is 534 g/mol. The highest BCUT2D eigenvalue weighted by Gasteiger charge is 2.30. The van der Waals surface area contributed by atoms with E-state index in [0.29, 0.717) is 6.54 Å². The van der Waals surface area contributed by atoms with Crippen molar-refractivity contribution in [3.63, 3.8) is 0 Å². The molecule has 1 unspecified atom stereocenters. The summed E-state index contributed by atoms with van der Waals surface area (Å²) in [4.78, 5) is 9.39. The van der Waals surface area contributed by atoms with Gasteiger partial charge in [-0.05, 0) is 37.5 Å². The van der Waals surface area contributed by atoms with Gasteiger partial charge in [0.1, 0.15) is 0 Å². The highest BCUT2D eigenvalue weighted by atomic mass is 127. The molecule has 1 aromatic rings. The number of hydrogen-bond acceptors (Lipinski definition) is 4. The fraction of sp³-hybridized carbons (Fsp3) is 0.682. The molecule has 6 nitrogen and oxygen atoms in total. The molecule has 0 bridgehead atoms. The Labute approximate surface area is 206 Å². The summed E-state index contributed by atoms with van der Waals surface area (Å²) in [7, 11) is 0. The zero-order valence-corrected chi connectivity index (χ0v) is 21.0. The Hall–Kier alpha value is -1.11. The third-order valence-corrected chi connectivity index (χ3v) is 5.65. The standard InChI is InChI=1S/C22H34F3N5O.HI/c1-2-26-21(27-9-3-10-29-12-14-31-15-13-29)28-20-8-11-30(17-20)16-18-4-6-19(7-5-18)22(23,24)25;/h4-7,20H,2-3,8-17H2,1H3,(H2,26,27,28);1H. The van der Waals surface area contributed by atoms with Gasteiger partial charge in [-0.15, -0.1) is 24.0 Å². The Balaban J connectivity index is 0.00000363. The minimum Gasteiger partial charge on any atom is -0.379 e. The van der Waals surface area contributed by atoms with Crippen LogP contribution in [0.2, 0.25) is 0 Å². The topological polar surface area (TPSA) is 52.1 Å². The van der Waals surface area contributed by atoms with Crippen LogP contribution in [0.3, 0.4) is 0 Å². The van der Waals surface area contributed by atoms with Gasteiger partial charge >= 0.3 is 6.18 Å². The molecule has 32 heavy (non-hydrogen) atoms. The molecule has 2 aliphatic rings. The van der Waals surface area contributed by atoms with E-state index in [4.69, 9.17) is 9.73 Å². The first-order valence-corrected chi connectivity index (χ1v) is 11.2. The molecule has 0 saturated carbocycles. The van der Waals surface area contributed by atoms with Crippen LogP contribution in [0.4, 0.5) is 13.2 Å². The lowest BCUT2D eigenvalue weighted by Gasteiger charge is -2.26. The summed E-state index contributed by atoms with van der Waals surface area (Å²) in [5, 5.41) is 6.83. The van der Waals surface area contributed by atoms with Crippen molar-refractivity contribution < 1.29 is 17.9 Å². The molecule has 2 fully saturated rings. The van der Waals surface area contributed by atoms with Crippen molar-refractivity contribution in [1.29, 1.82) is 0 Å². The number of hydrogen-bond donors (Lipinski definition) is 2. The molecule has 182 valence electrons. The molecule has 0 radical (unpaired) electrons. The van der Waals surface area contributed by atoms with Crippen LogP contribution < -0.4 is 10.6 Å². The van der Waals surface area contributed by atoms with Crippen LogP contribution in [0.5, 0.6) is 0 Å². The summed E-state index contributed by atoms with van der Waals surface area (Å²) in [6.45, 7) is 10.7. The second-order valence-electron chi connectivity index (χ2n) is 8.13. The number of rotatable bonds is 8. The fourth-order valence-electron chi connectivity index (χ4n) is 3.97. The SMILES string of the molecule is CCNC(=NCCCN1CCOCC1)NC1CCN(Cc2ccc(C(F)(F)F)cc2)C1.I. The number of alkyl halides is 3. The van der Waals surface area contributed by atoms with E-state index in [1.807, 2.05) is 0 Å². The Kier molecular flexibility index (Phi) is 11.5. The zero-order chi connectivity index (χ0) is 22.1. The summed E-state index contributed by atoms with van der Waals surface area (Å²) in [6.07, 6.45) is -2.29. The van der Waals surface area contributed by atoms with Crippen LogP contribution in [0.1, 0.15) is 30.9 Å². The molecular formula is C22H35F3IN5O. The number of aliphatic imine (C=N–C) groups is 1. The van der Waals surface area contributed by atoms with Crippen LogP contribution in [0.25, 0.3) is 0 Å². The van der Waals surface area contributed by atoms with Crippen LogP contribution >= 0.6 is 24.0 Å². The Bertz CT molecular complexity index is 696. The molecule has 2 aliphatic heterocycles. The van der Waals surface area contributed by atoms with Crippen molar-refractivity contribution in [2.75, 3.05) is 59.0 Å². The van der Waals surface area contributed by atoms with Crippen molar-refractivity contribution in [3.8, 4) is 0 Å². The molecule has 10 heteroatoms. The Morgan fingerprint density at radius 1 is 1.12 bits per heavy atom. The Morgan fingerprint density at radius 2 is 1.84 bits per heavy atom. The van der Waals surface area contributed by atoms with Gasteiger partial charge in [0.05, 0.1) is 18.8 Å². The average molecular weight is 569 g/mol. The van der Waals surface area contributed by atoms with E-state index in [1.165, 1.54) is 0 Å². The lowest BCUT2D eigenvalue weighted by molar-refractivity contribution is -0.137. The number of nitrogens with one attached hydrogen (secondary N) is 2. The van der Waals surface area contributed by atoms with Crippen LogP contribution in [0, 0.1) is 0 Å². The highest BCUT2D eigenvalue weighted by Crippen LogP contribution is 2.29. The molecule has 2 saturated heterocycles. The number of halogens is 4. The van der Waals surface area contributed by atoms with Crippen LogP contribution in [-0.2, 0) is 17.5 Å². The molecule has 0 aliphatic carbocycles. The molecule has 0 amide bonds. The quantitative estimate of drug-likeness (QED) is 0.218. The number of likely N-dealkylation sites (tertiary alicyclic amines) is 1. The lowest BCUT2D eigenvalue weighted by atomic mass is 10.1. The van der Waals surface area contributed by atoms with Gasteiger partial charge in [-0.1, -0.05) is 12.1 Å². The number of guanidine groups is 1. The lowest BCUT2D eigenvalue weighted by Crippen LogP contribution is -2.44. The second kappa shape index (κ2) is 13.6. The smallest absolute Gasteiger partial charge is 0.379 e. The monoisotopic (exact) mass is 569 g/mol. The van der Waals surface area contributed by atoms with Crippen LogP contribution in [0.15, 0.2) is 29.3 Å². The van der Waals surface area contributed by atoms with Crippen molar-refractivity contribution in [1.82, 2.24) is 20.4 Å². The van der Waals surface area contributed by atoms with E-state index < -0.39 is 11.7 Å². The second-order valence-corrected chi connectivity index (χ2v) is 8.13. The number of morpholine rings is 1. The zero-order valence-electron chi connectivity index (χ0n) is 18.7. The van der Waals surface area contributed by atoms with E-state index in [1.54, 1.807) is 12.1 Å². The molecule has 0 spiro atoms. The molecule has 1 atom stereocenters. The molecule has 1 aromatic carbocycles. The molecule has 0 aromatic heterocycles. The summed E-state index contributed by atoms with van der Waals surface area (Å²) in [5.41, 5.74) is 0.301.